The first kappa shape index (κ1) is 11.3. The van der Waals surface area contributed by atoms with E-state index in [4.69, 9.17) is 23.2 Å². The van der Waals surface area contributed by atoms with E-state index in [2.05, 4.69) is 10.3 Å². The molecule has 2 aromatic rings. The minimum absolute atomic E-state index is 0.549. The van der Waals surface area contributed by atoms with Crippen LogP contribution >= 0.6 is 23.2 Å². The fourth-order valence-electron chi connectivity index (χ4n) is 1.36. The van der Waals surface area contributed by atoms with Crippen LogP contribution in [0.1, 0.15) is 5.69 Å². The highest BCUT2D eigenvalue weighted by Crippen LogP contribution is 2.25. The second-order valence-corrected chi connectivity index (χ2v) is 4.33. The Morgan fingerprint density at radius 1 is 1.31 bits per heavy atom. The van der Waals surface area contributed by atoms with Crippen LogP contribution in [0, 0.1) is 0 Å². The monoisotopic (exact) mass is 255 g/mol. The van der Waals surface area contributed by atoms with Gasteiger partial charge < -0.3 is 9.88 Å². The maximum Gasteiger partial charge on any atom is 0.0947 e. The first-order valence-corrected chi connectivity index (χ1v) is 5.56. The lowest BCUT2D eigenvalue weighted by Gasteiger charge is -2.05. The first-order chi connectivity index (χ1) is 7.65. The maximum absolute atomic E-state index is 5.91. The van der Waals surface area contributed by atoms with Crippen LogP contribution in [0.15, 0.2) is 30.7 Å². The average Bonchev–Trinajstić information content (AvgIpc) is 2.66. The third-order valence-corrected chi connectivity index (χ3v) is 2.89. The quantitative estimate of drug-likeness (QED) is 0.912. The molecule has 1 N–H and O–H groups in total. The summed E-state index contributed by atoms with van der Waals surface area (Å²) in [7, 11) is 1.94. The lowest BCUT2D eigenvalue weighted by atomic mass is 10.3. The van der Waals surface area contributed by atoms with Gasteiger partial charge in [0.05, 0.1) is 28.6 Å². The summed E-state index contributed by atoms with van der Waals surface area (Å²) in [6, 6.07) is 5.45. The van der Waals surface area contributed by atoms with Crippen molar-refractivity contribution in [1.29, 1.82) is 0 Å². The van der Waals surface area contributed by atoms with Crippen LogP contribution in [-0.4, -0.2) is 9.55 Å². The summed E-state index contributed by atoms with van der Waals surface area (Å²) in [6.45, 7) is 0.665. The zero-order valence-electron chi connectivity index (χ0n) is 8.74. The van der Waals surface area contributed by atoms with Crippen LogP contribution in [0.25, 0.3) is 0 Å². The fourth-order valence-corrected chi connectivity index (χ4v) is 1.66. The molecule has 0 unspecified atom stereocenters. The Balaban J connectivity index is 2.02. The number of hydrogen-bond acceptors (Lipinski definition) is 2. The molecule has 0 bridgehead atoms. The highest BCUT2D eigenvalue weighted by Gasteiger charge is 2.00. The Hall–Kier alpha value is -1.19. The molecule has 0 atom stereocenters. The second-order valence-electron chi connectivity index (χ2n) is 3.51. The number of imidazole rings is 1. The molecule has 3 nitrogen and oxygen atoms in total. The number of hydrogen-bond donors (Lipinski definition) is 1. The summed E-state index contributed by atoms with van der Waals surface area (Å²) in [5.41, 5.74) is 1.91. The van der Waals surface area contributed by atoms with Gasteiger partial charge in [-0.1, -0.05) is 23.2 Å². The predicted octanol–water partition coefficient (Wildman–Crippen LogP) is 3.34. The Morgan fingerprint density at radius 3 is 2.75 bits per heavy atom. The average molecular weight is 256 g/mol. The van der Waals surface area contributed by atoms with Crippen LogP contribution in [0.3, 0.4) is 0 Å². The molecule has 0 fully saturated rings. The molecule has 0 aliphatic heterocycles. The first-order valence-electron chi connectivity index (χ1n) is 4.81. The van der Waals surface area contributed by atoms with Gasteiger partial charge in [-0.15, -0.1) is 0 Å². The summed E-state index contributed by atoms with van der Waals surface area (Å²) in [6.07, 6.45) is 3.73. The molecular formula is C11H11Cl2N3. The van der Waals surface area contributed by atoms with Crippen LogP contribution in [0.4, 0.5) is 5.69 Å². The zero-order chi connectivity index (χ0) is 11.5. The highest BCUT2D eigenvalue weighted by atomic mass is 35.5. The standard InChI is InChI=1S/C11H11Cl2N3/c1-16-6-9(15-7-16)5-14-8-2-3-10(12)11(13)4-8/h2-4,6-7,14H,5H2,1H3. The molecule has 0 saturated heterocycles. The molecule has 1 heterocycles. The molecular weight excluding hydrogens is 245 g/mol. The van der Waals surface area contributed by atoms with E-state index in [-0.39, 0.29) is 0 Å². The molecule has 0 amide bonds. The summed E-state index contributed by atoms with van der Waals surface area (Å²) >= 11 is 11.7. The van der Waals surface area contributed by atoms with Gasteiger partial charge in [-0.2, -0.15) is 0 Å². The van der Waals surface area contributed by atoms with Crippen molar-refractivity contribution in [2.24, 2.45) is 7.05 Å². The van der Waals surface area contributed by atoms with Gasteiger partial charge in [-0.3, -0.25) is 0 Å². The van der Waals surface area contributed by atoms with Crippen LogP contribution in [-0.2, 0) is 13.6 Å². The van der Waals surface area contributed by atoms with Gasteiger partial charge in [-0.25, -0.2) is 4.98 Å². The number of benzene rings is 1. The second kappa shape index (κ2) is 4.76. The number of nitrogens with zero attached hydrogens (tertiary/aromatic N) is 2. The minimum atomic E-state index is 0.549. The van der Waals surface area contributed by atoms with E-state index in [0.717, 1.165) is 11.4 Å². The van der Waals surface area contributed by atoms with Crippen molar-refractivity contribution in [2.75, 3.05) is 5.32 Å². The lowest BCUT2D eigenvalue weighted by Crippen LogP contribution is -1.99. The van der Waals surface area contributed by atoms with E-state index in [1.807, 2.05) is 23.9 Å². The number of aryl methyl sites for hydroxylation is 1. The van der Waals surface area contributed by atoms with Crippen molar-refractivity contribution < 1.29 is 0 Å². The molecule has 84 valence electrons. The summed E-state index contributed by atoms with van der Waals surface area (Å²) in [5, 5.41) is 4.33. The molecule has 16 heavy (non-hydrogen) atoms. The Morgan fingerprint density at radius 2 is 2.12 bits per heavy atom. The zero-order valence-corrected chi connectivity index (χ0v) is 10.3. The van der Waals surface area contributed by atoms with Gasteiger partial charge in [0.15, 0.2) is 0 Å². The largest absolute Gasteiger partial charge is 0.379 e. The van der Waals surface area contributed by atoms with E-state index in [9.17, 15) is 0 Å². The Bertz CT molecular complexity index is 494. The van der Waals surface area contributed by atoms with E-state index in [0.29, 0.717) is 16.6 Å². The van der Waals surface area contributed by atoms with Crippen molar-refractivity contribution in [3.05, 3.63) is 46.5 Å². The summed E-state index contributed by atoms with van der Waals surface area (Å²) < 4.78 is 1.91. The van der Waals surface area contributed by atoms with Gasteiger partial charge >= 0.3 is 0 Å². The van der Waals surface area contributed by atoms with Gasteiger partial charge in [0.25, 0.3) is 0 Å². The van der Waals surface area contributed by atoms with Crippen LogP contribution in [0.2, 0.25) is 10.0 Å². The Kier molecular flexibility index (Phi) is 3.36. The van der Waals surface area contributed by atoms with Crippen LogP contribution in [0.5, 0.6) is 0 Å². The SMILES string of the molecule is Cn1cnc(CNc2ccc(Cl)c(Cl)c2)c1. The van der Waals surface area contributed by atoms with Crippen molar-refractivity contribution in [1.82, 2.24) is 9.55 Å². The van der Waals surface area contributed by atoms with Crippen molar-refractivity contribution in [3.63, 3.8) is 0 Å². The number of nitrogens with one attached hydrogen (secondary N) is 1. The van der Waals surface area contributed by atoms with Crippen LogP contribution < -0.4 is 5.32 Å². The molecule has 0 radical (unpaired) electrons. The minimum Gasteiger partial charge on any atom is -0.379 e. The number of halogens is 2. The predicted molar refractivity (Wildman–Crippen MR) is 67.0 cm³/mol. The molecule has 1 aromatic heterocycles. The van der Waals surface area contributed by atoms with Gasteiger partial charge in [-0.05, 0) is 18.2 Å². The van der Waals surface area contributed by atoms with E-state index in [1.165, 1.54) is 0 Å². The summed E-state index contributed by atoms with van der Waals surface area (Å²) in [4.78, 5) is 4.21. The molecule has 0 aliphatic rings. The van der Waals surface area contributed by atoms with E-state index in [1.54, 1.807) is 18.5 Å². The maximum atomic E-state index is 5.91. The Labute approximate surface area is 104 Å². The van der Waals surface area contributed by atoms with Crippen molar-refractivity contribution in [2.45, 2.75) is 6.54 Å². The van der Waals surface area contributed by atoms with Gasteiger partial charge in [0.1, 0.15) is 0 Å². The smallest absolute Gasteiger partial charge is 0.0947 e. The van der Waals surface area contributed by atoms with E-state index < -0.39 is 0 Å². The topological polar surface area (TPSA) is 29.9 Å². The summed E-state index contributed by atoms with van der Waals surface area (Å²) in [5.74, 6) is 0. The normalized spacial score (nSPS) is 10.4. The van der Waals surface area contributed by atoms with E-state index >= 15 is 0 Å². The van der Waals surface area contributed by atoms with Crippen molar-refractivity contribution in [3.8, 4) is 0 Å². The molecule has 1 aromatic carbocycles. The molecule has 2 rings (SSSR count). The highest BCUT2D eigenvalue weighted by molar-refractivity contribution is 6.42. The van der Waals surface area contributed by atoms with Gasteiger partial charge in [0, 0.05) is 18.9 Å². The van der Waals surface area contributed by atoms with Crippen molar-refractivity contribution >= 4 is 28.9 Å². The third kappa shape index (κ3) is 2.68. The number of aromatic nitrogens is 2. The lowest BCUT2D eigenvalue weighted by molar-refractivity contribution is 0.912. The molecule has 5 heteroatoms. The van der Waals surface area contributed by atoms with Gasteiger partial charge in [0.2, 0.25) is 0 Å². The molecule has 0 aliphatic carbocycles. The molecule has 0 saturated carbocycles. The molecule has 0 spiro atoms. The number of anilines is 1. The fraction of sp³-hybridized carbons (Fsp3) is 0.182. The third-order valence-electron chi connectivity index (χ3n) is 2.15. The number of rotatable bonds is 3.